The average molecular weight is 233 g/mol. The predicted molar refractivity (Wildman–Crippen MR) is 49.4 cm³/mol. The van der Waals surface area contributed by atoms with E-state index in [1.54, 1.807) is 0 Å². The molecule has 1 aromatic rings. The Bertz CT molecular complexity index is 424. The first kappa shape index (κ1) is 12.3. The Labute approximate surface area is 88.7 Å². The molecule has 5 N–H and O–H groups in total. The highest BCUT2D eigenvalue weighted by Gasteiger charge is 2.28. The zero-order valence-corrected chi connectivity index (χ0v) is 7.89. The molecule has 2 atom stereocenters. The normalized spacial score (nSPS) is 14.5. The SMILES string of the molecule is Nc1ccc(C(O)C(O)C(=O)O)c(F)c1F. The highest BCUT2D eigenvalue weighted by atomic mass is 19.2. The van der Waals surface area contributed by atoms with Crippen LogP contribution in [0.3, 0.4) is 0 Å². The van der Waals surface area contributed by atoms with E-state index in [0.717, 1.165) is 12.1 Å². The maximum Gasteiger partial charge on any atom is 0.335 e. The fourth-order valence-electron chi connectivity index (χ4n) is 1.11. The maximum atomic E-state index is 13.2. The van der Waals surface area contributed by atoms with Crippen LogP contribution >= 0.6 is 0 Å². The summed E-state index contributed by atoms with van der Waals surface area (Å²) in [7, 11) is 0. The van der Waals surface area contributed by atoms with Gasteiger partial charge in [-0.3, -0.25) is 0 Å². The standard InChI is InChI=1S/C9H9F2NO4/c10-5-3(1-2-4(12)6(5)11)7(13)8(14)9(15)16/h1-2,7-8,13-14H,12H2,(H,15,16). The van der Waals surface area contributed by atoms with E-state index in [9.17, 15) is 18.7 Å². The number of benzene rings is 1. The van der Waals surface area contributed by atoms with Gasteiger partial charge in [0.25, 0.3) is 0 Å². The molecule has 7 heteroatoms. The third-order valence-corrected chi connectivity index (χ3v) is 2.01. The number of nitrogens with two attached hydrogens (primary N) is 1. The van der Waals surface area contributed by atoms with Gasteiger partial charge in [0.1, 0.15) is 6.10 Å². The van der Waals surface area contributed by atoms with Gasteiger partial charge in [-0.25, -0.2) is 13.6 Å². The Morgan fingerprint density at radius 3 is 2.31 bits per heavy atom. The molecule has 0 amide bonds. The second kappa shape index (κ2) is 4.42. The number of hydrogen-bond donors (Lipinski definition) is 4. The highest BCUT2D eigenvalue weighted by molar-refractivity contribution is 5.73. The van der Waals surface area contributed by atoms with Crippen LogP contribution < -0.4 is 5.73 Å². The third kappa shape index (κ3) is 2.10. The van der Waals surface area contributed by atoms with Crippen molar-refractivity contribution >= 4 is 11.7 Å². The zero-order chi connectivity index (χ0) is 12.5. The number of rotatable bonds is 3. The Hall–Kier alpha value is -1.73. The molecule has 16 heavy (non-hydrogen) atoms. The molecule has 0 spiro atoms. The molecule has 0 saturated carbocycles. The average Bonchev–Trinajstić information content (AvgIpc) is 2.24. The summed E-state index contributed by atoms with van der Waals surface area (Å²) in [5, 5.41) is 26.6. The summed E-state index contributed by atoms with van der Waals surface area (Å²) in [5.41, 5.74) is 3.91. The lowest BCUT2D eigenvalue weighted by molar-refractivity contribution is -0.153. The second-order valence-electron chi connectivity index (χ2n) is 3.10. The van der Waals surface area contributed by atoms with Crippen LogP contribution in [0.15, 0.2) is 12.1 Å². The van der Waals surface area contributed by atoms with E-state index in [1.807, 2.05) is 0 Å². The second-order valence-corrected chi connectivity index (χ2v) is 3.10. The van der Waals surface area contributed by atoms with Crippen LogP contribution in [-0.4, -0.2) is 27.4 Å². The molecule has 0 fully saturated rings. The van der Waals surface area contributed by atoms with Crippen LogP contribution in [0.5, 0.6) is 0 Å². The molecule has 5 nitrogen and oxygen atoms in total. The topological polar surface area (TPSA) is 104 Å². The van der Waals surface area contributed by atoms with Gasteiger partial charge in [0.2, 0.25) is 0 Å². The number of carboxylic acids is 1. The van der Waals surface area contributed by atoms with E-state index in [0.29, 0.717) is 0 Å². The summed E-state index contributed by atoms with van der Waals surface area (Å²) in [6.07, 6.45) is -4.30. The van der Waals surface area contributed by atoms with E-state index >= 15 is 0 Å². The summed E-state index contributed by atoms with van der Waals surface area (Å²) < 4.78 is 26.2. The van der Waals surface area contributed by atoms with Crippen molar-refractivity contribution in [3.63, 3.8) is 0 Å². The van der Waals surface area contributed by atoms with E-state index in [1.165, 1.54) is 0 Å². The summed E-state index contributed by atoms with van der Waals surface area (Å²) in [4.78, 5) is 10.3. The smallest absolute Gasteiger partial charge is 0.335 e. The van der Waals surface area contributed by atoms with Gasteiger partial charge < -0.3 is 21.1 Å². The number of aliphatic carboxylic acids is 1. The molecule has 0 heterocycles. The van der Waals surface area contributed by atoms with Crippen molar-refractivity contribution in [3.8, 4) is 0 Å². The molecule has 0 saturated heterocycles. The number of aliphatic hydroxyl groups excluding tert-OH is 2. The van der Waals surface area contributed by atoms with E-state index in [2.05, 4.69) is 0 Å². The maximum absolute atomic E-state index is 13.2. The predicted octanol–water partition coefficient (Wildman–Crippen LogP) is 0.0259. The van der Waals surface area contributed by atoms with Crippen molar-refractivity contribution in [2.75, 3.05) is 5.73 Å². The quantitative estimate of drug-likeness (QED) is 0.551. The first-order valence-corrected chi connectivity index (χ1v) is 4.18. The van der Waals surface area contributed by atoms with Crippen molar-refractivity contribution in [2.45, 2.75) is 12.2 Å². The fraction of sp³-hybridized carbons (Fsp3) is 0.222. The van der Waals surface area contributed by atoms with Crippen LogP contribution in [-0.2, 0) is 4.79 Å². The Morgan fingerprint density at radius 2 is 1.81 bits per heavy atom. The largest absolute Gasteiger partial charge is 0.479 e. The molecule has 0 aromatic heterocycles. The molecule has 1 aromatic carbocycles. The minimum atomic E-state index is -2.24. The fourth-order valence-corrected chi connectivity index (χ4v) is 1.11. The molecule has 0 aliphatic rings. The summed E-state index contributed by atoms with van der Waals surface area (Å²) >= 11 is 0. The zero-order valence-electron chi connectivity index (χ0n) is 7.89. The van der Waals surface area contributed by atoms with E-state index < -0.39 is 41.1 Å². The van der Waals surface area contributed by atoms with Gasteiger partial charge in [-0.05, 0) is 6.07 Å². The molecule has 2 unspecified atom stereocenters. The summed E-state index contributed by atoms with van der Waals surface area (Å²) in [6, 6.07) is 1.87. The molecule has 0 bridgehead atoms. The van der Waals surface area contributed by atoms with Crippen molar-refractivity contribution in [1.29, 1.82) is 0 Å². The molecular weight excluding hydrogens is 224 g/mol. The van der Waals surface area contributed by atoms with Gasteiger partial charge in [-0.15, -0.1) is 0 Å². The Balaban J connectivity index is 3.14. The molecule has 88 valence electrons. The summed E-state index contributed by atoms with van der Waals surface area (Å²) in [5.74, 6) is -4.62. The monoisotopic (exact) mass is 233 g/mol. The van der Waals surface area contributed by atoms with Crippen LogP contribution in [0.1, 0.15) is 11.7 Å². The molecule has 0 aliphatic carbocycles. The number of carbonyl (C=O) groups is 1. The first-order valence-electron chi connectivity index (χ1n) is 4.18. The van der Waals surface area contributed by atoms with Gasteiger partial charge in [-0.2, -0.15) is 0 Å². The number of anilines is 1. The van der Waals surface area contributed by atoms with Crippen molar-refractivity contribution in [2.24, 2.45) is 0 Å². The third-order valence-electron chi connectivity index (χ3n) is 2.01. The van der Waals surface area contributed by atoms with Gasteiger partial charge in [0.05, 0.1) is 5.69 Å². The van der Waals surface area contributed by atoms with Crippen molar-refractivity contribution < 1.29 is 28.9 Å². The molecular formula is C9H9F2NO4. The van der Waals surface area contributed by atoms with E-state index in [-0.39, 0.29) is 0 Å². The van der Waals surface area contributed by atoms with Crippen LogP contribution in [0.25, 0.3) is 0 Å². The molecule has 0 aliphatic heterocycles. The van der Waals surface area contributed by atoms with Crippen molar-refractivity contribution in [1.82, 2.24) is 0 Å². The Kier molecular flexibility index (Phi) is 3.41. The van der Waals surface area contributed by atoms with Gasteiger partial charge >= 0.3 is 5.97 Å². The molecule has 0 radical (unpaired) electrons. The number of halogens is 2. The van der Waals surface area contributed by atoms with Crippen LogP contribution in [0, 0.1) is 11.6 Å². The van der Waals surface area contributed by atoms with Crippen molar-refractivity contribution in [3.05, 3.63) is 29.3 Å². The number of nitrogen functional groups attached to an aromatic ring is 1. The van der Waals surface area contributed by atoms with Crippen LogP contribution in [0.2, 0.25) is 0 Å². The minimum Gasteiger partial charge on any atom is -0.479 e. The lowest BCUT2D eigenvalue weighted by atomic mass is 10.0. The first-order chi connectivity index (χ1) is 7.36. The lowest BCUT2D eigenvalue weighted by Gasteiger charge is -2.15. The van der Waals surface area contributed by atoms with Gasteiger partial charge in [-0.1, -0.05) is 6.07 Å². The number of hydrogen-bond acceptors (Lipinski definition) is 4. The van der Waals surface area contributed by atoms with E-state index in [4.69, 9.17) is 15.9 Å². The molecule has 1 rings (SSSR count). The van der Waals surface area contributed by atoms with Crippen LogP contribution in [0.4, 0.5) is 14.5 Å². The Morgan fingerprint density at radius 1 is 1.25 bits per heavy atom. The van der Waals surface area contributed by atoms with Gasteiger partial charge in [0, 0.05) is 5.56 Å². The number of carboxylic acid groups (broad SMARTS) is 1. The lowest BCUT2D eigenvalue weighted by Crippen LogP contribution is -2.28. The van der Waals surface area contributed by atoms with Gasteiger partial charge in [0.15, 0.2) is 17.7 Å². The highest BCUT2D eigenvalue weighted by Crippen LogP contribution is 2.25. The number of aliphatic hydroxyl groups is 2. The summed E-state index contributed by atoms with van der Waals surface area (Å²) in [6.45, 7) is 0. The minimum absolute atomic E-state index is 0.474.